The summed E-state index contributed by atoms with van der Waals surface area (Å²) in [6.45, 7) is 7.81. The lowest BCUT2D eigenvalue weighted by Gasteiger charge is -2.32. The van der Waals surface area contributed by atoms with Crippen LogP contribution in [-0.2, 0) is 0 Å². The number of aliphatic imine (C=N–C) groups is 1. The van der Waals surface area contributed by atoms with Crippen molar-refractivity contribution in [1.82, 2.24) is 5.32 Å². The molecular formula is C15H22N2OS. The number of nitrogens with zero attached hydrogens (tertiary/aromatic N) is 1. The zero-order valence-electron chi connectivity index (χ0n) is 11.9. The van der Waals surface area contributed by atoms with Gasteiger partial charge < -0.3 is 10.1 Å². The maximum atomic E-state index is 5.69. The minimum Gasteiger partial charge on any atom is -0.492 e. The highest BCUT2D eigenvalue weighted by Gasteiger charge is 2.23. The summed E-state index contributed by atoms with van der Waals surface area (Å²) in [6, 6.07) is 8.11. The van der Waals surface area contributed by atoms with Crippen molar-refractivity contribution in [2.45, 2.75) is 32.7 Å². The number of thioether (sulfide) groups is 1. The molecule has 0 aromatic heterocycles. The van der Waals surface area contributed by atoms with Gasteiger partial charge in [0.15, 0.2) is 5.17 Å². The number of amidine groups is 1. The molecule has 0 bridgehead atoms. The smallest absolute Gasteiger partial charge is 0.157 e. The van der Waals surface area contributed by atoms with Crippen LogP contribution >= 0.6 is 11.8 Å². The Balaban J connectivity index is 1.77. The Morgan fingerprint density at radius 1 is 1.42 bits per heavy atom. The van der Waals surface area contributed by atoms with E-state index in [1.54, 1.807) is 11.8 Å². The Morgan fingerprint density at radius 3 is 3.00 bits per heavy atom. The minimum atomic E-state index is 0.168. The van der Waals surface area contributed by atoms with Crippen molar-refractivity contribution in [3.05, 3.63) is 29.8 Å². The van der Waals surface area contributed by atoms with Crippen LogP contribution in [0.5, 0.6) is 5.75 Å². The van der Waals surface area contributed by atoms with Crippen molar-refractivity contribution in [2.75, 3.05) is 18.9 Å². The number of rotatable bonds is 4. The SMILES string of the molecule is Cc1cccc(OCCN=C2NC(C)(C)CCS2)c1. The Bertz CT molecular complexity index is 457. The number of aryl methyl sites for hydroxylation is 1. The van der Waals surface area contributed by atoms with Gasteiger partial charge in [-0.15, -0.1) is 0 Å². The van der Waals surface area contributed by atoms with E-state index in [2.05, 4.69) is 37.1 Å². The lowest BCUT2D eigenvalue weighted by Crippen LogP contribution is -2.46. The Labute approximate surface area is 119 Å². The third kappa shape index (κ3) is 4.78. The van der Waals surface area contributed by atoms with E-state index in [1.807, 2.05) is 18.2 Å². The second-order valence-electron chi connectivity index (χ2n) is 5.46. The van der Waals surface area contributed by atoms with Gasteiger partial charge in [-0.25, -0.2) is 0 Å². The fourth-order valence-corrected chi connectivity index (χ4v) is 3.23. The highest BCUT2D eigenvalue weighted by atomic mass is 32.2. The minimum absolute atomic E-state index is 0.168. The first-order valence-electron chi connectivity index (χ1n) is 6.70. The normalized spacial score (nSPS) is 20.1. The second-order valence-corrected chi connectivity index (χ2v) is 6.54. The summed E-state index contributed by atoms with van der Waals surface area (Å²) < 4.78 is 5.69. The van der Waals surface area contributed by atoms with Crippen molar-refractivity contribution in [3.8, 4) is 5.75 Å². The van der Waals surface area contributed by atoms with Crippen LogP contribution in [0.25, 0.3) is 0 Å². The molecule has 1 N–H and O–H groups in total. The van der Waals surface area contributed by atoms with Crippen LogP contribution in [0.15, 0.2) is 29.3 Å². The van der Waals surface area contributed by atoms with Crippen LogP contribution < -0.4 is 10.1 Å². The van der Waals surface area contributed by atoms with Gasteiger partial charge in [0.2, 0.25) is 0 Å². The van der Waals surface area contributed by atoms with Crippen LogP contribution in [0.3, 0.4) is 0 Å². The maximum Gasteiger partial charge on any atom is 0.157 e. The molecule has 1 aliphatic rings. The average Bonchev–Trinajstić information content (AvgIpc) is 2.34. The fraction of sp³-hybridized carbons (Fsp3) is 0.533. The number of hydrogen-bond donors (Lipinski definition) is 1. The monoisotopic (exact) mass is 278 g/mol. The molecule has 1 fully saturated rings. The molecule has 3 nitrogen and oxygen atoms in total. The third-order valence-corrected chi connectivity index (χ3v) is 3.93. The first-order chi connectivity index (χ1) is 9.05. The van der Waals surface area contributed by atoms with Gasteiger partial charge in [0.1, 0.15) is 12.4 Å². The van der Waals surface area contributed by atoms with E-state index in [1.165, 1.54) is 12.0 Å². The molecule has 1 heterocycles. The summed E-state index contributed by atoms with van der Waals surface area (Å²) >= 11 is 1.80. The van der Waals surface area contributed by atoms with Crippen LogP contribution in [0.2, 0.25) is 0 Å². The van der Waals surface area contributed by atoms with E-state index in [9.17, 15) is 0 Å². The zero-order valence-corrected chi connectivity index (χ0v) is 12.7. The summed E-state index contributed by atoms with van der Waals surface area (Å²) in [6.07, 6.45) is 1.18. The summed E-state index contributed by atoms with van der Waals surface area (Å²) in [5, 5.41) is 4.50. The van der Waals surface area contributed by atoms with E-state index in [0.29, 0.717) is 13.2 Å². The average molecular weight is 278 g/mol. The Morgan fingerprint density at radius 2 is 2.26 bits per heavy atom. The van der Waals surface area contributed by atoms with Gasteiger partial charge in [0.25, 0.3) is 0 Å². The lowest BCUT2D eigenvalue weighted by molar-refractivity contribution is 0.328. The highest BCUT2D eigenvalue weighted by Crippen LogP contribution is 2.21. The second kappa shape index (κ2) is 6.33. The summed E-state index contributed by atoms with van der Waals surface area (Å²) in [7, 11) is 0. The summed E-state index contributed by atoms with van der Waals surface area (Å²) in [5.41, 5.74) is 1.39. The molecule has 1 saturated heterocycles. The molecule has 1 aliphatic heterocycles. The van der Waals surface area contributed by atoms with Gasteiger partial charge in [-0.1, -0.05) is 23.9 Å². The Hall–Kier alpha value is -1.16. The predicted molar refractivity (Wildman–Crippen MR) is 83.3 cm³/mol. The van der Waals surface area contributed by atoms with Gasteiger partial charge in [-0.2, -0.15) is 0 Å². The molecule has 0 unspecified atom stereocenters. The molecular weight excluding hydrogens is 256 g/mol. The number of nitrogens with one attached hydrogen (secondary N) is 1. The largest absolute Gasteiger partial charge is 0.492 e. The molecule has 1 aromatic carbocycles. The van der Waals surface area contributed by atoms with Crippen LogP contribution in [0.4, 0.5) is 0 Å². The van der Waals surface area contributed by atoms with Gasteiger partial charge in [0, 0.05) is 11.3 Å². The van der Waals surface area contributed by atoms with Crippen LogP contribution in [0.1, 0.15) is 25.8 Å². The molecule has 2 rings (SSSR count). The molecule has 0 saturated carbocycles. The topological polar surface area (TPSA) is 33.6 Å². The van der Waals surface area contributed by atoms with Gasteiger partial charge in [0.05, 0.1) is 6.54 Å². The molecule has 19 heavy (non-hydrogen) atoms. The van der Waals surface area contributed by atoms with E-state index in [-0.39, 0.29) is 5.54 Å². The molecule has 0 aliphatic carbocycles. The molecule has 0 spiro atoms. The first kappa shape index (κ1) is 14.3. The highest BCUT2D eigenvalue weighted by molar-refractivity contribution is 8.13. The quantitative estimate of drug-likeness (QED) is 0.859. The van der Waals surface area contributed by atoms with Crippen molar-refractivity contribution >= 4 is 16.9 Å². The van der Waals surface area contributed by atoms with E-state index in [4.69, 9.17) is 4.74 Å². The predicted octanol–water partition coefficient (Wildman–Crippen LogP) is 3.23. The molecule has 0 amide bonds. The van der Waals surface area contributed by atoms with E-state index in [0.717, 1.165) is 16.7 Å². The maximum absolute atomic E-state index is 5.69. The van der Waals surface area contributed by atoms with Crippen molar-refractivity contribution in [2.24, 2.45) is 4.99 Å². The lowest BCUT2D eigenvalue weighted by atomic mass is 10.0. The molecule has 104 valence electrons. The van der Waals surface area contributed by atoms with E-state index >= 15 is 0 Å². The summed E-state index contributed by atoms with van der Waals surface area (Å²) in [4.78, 5) is 4.56. The van der Waals surface area contributed by atoms with Crippen LogP contribution in [0, 0.1) is 6.92 Å². The van der Waals surface area contributed by atoms with E-state index < -0.39 is 0 Å². The summed E-state index contributed by atoms with van der Waals surface area (Å²) in [5.74, 6) is 2.06. The molecule has 0 atom stereocenters. The van der Waals surface area contributed by atoms with Gasteiger partial charge in [-0.3, -0.25) is 4.99 Å². The number of ether oxygens (including phenoxy) is 1. The molecule has 1 aromatic rings. The number of hydrogen-bond acceptors (Lipinski definition) is 3. The van der Waals surface area contributed by atoms with Gasteiger partial charge in [-0.05, 0) is 44.9 Å². The van der Waals surface area contributed by atoms with Crippen molar-refractivity contribution < 1.29 is 4.74 Å². The zero-order chi connectivity index (χ0) is 13.7. The molecule has 4 heteroatoms. The van der Waals surface area contributed by atoms with Crippen molar-refractivity contribution in [1.29, 1.82) is 0 Å². The molecule has 0 radical (unpaired) electrons. The fourth-order valence-electron chi connectivity index (χ4n) is 1.89. The first-order valence-corrected chi connectivity index (χ1v) is 7.69. The third-order valence-electron chi connectivity index (χ3n) is 3.02. The van der Waals surface area contributed by atoms with Crippen LogP contribution in [-0.4, -0.2) is 29.6 Å². The number of benzene rings is 1. The Kier molecular flexibility index (Phi) is 4.75. The standard InChI is InChI=1S/C15H22N2OS/c1-12-5-4-6-13(11-12)18-9-8-16-14-17-15(2,3)7-10-19-14/h4-6,11H,7-10H2,1-3H3,(H,16,17). The van der Waals surface area contributed by atoms with Gasteiger partial charge >= 0.3 is 0 Å². The van der Waals surface area contributed by atoms with Crippen molar-refractivity contribution in [3.63, 3.8) is 0 Å².